The van der Waals surface area contributed by atoms with Gasteiger partial charge in [-0.25, -0.2) is 0 Å². The first-order valence-corrected chi connectivity index (χ1v) is 8.59. The molecule has 0 atom stereocenters. The van der Waals surface area contributed by atoms with E-state index in [2.05, 4.69) is 10.6 Å². The lowest BCUT2D eigenvalue weighted by Crippen LogP contribution is -2.19. The van der Waals surface area contributed by atoms with E-state index in [1.807, 2.05) is 55.4 Å². The molecule has 6 nitrogen and oxygen atoms in total. The van der Waals surface area contributed by atoms with Gasteiger partial charge < -0.3 is 15.5 Å². The third-order valence-electron chi connectivity index (χ3n) is 4.34. The highest BCUT2D eigenvalue weighted by Gasteiger charge is 2.16. The molecule has 2 amide bonds. The number of fused-ring (bicyclic) bond motifs is 1. The van der Waals surface area contributed by atoms with E-state index < -0.39 is 5.91 Å². The minimum absolute atomic E-state index is 0.00530. The second-order valence-electron chi connectivity index (χ2n) is 6.53. The summed E-state index contributed by atoms with van der Waals surface area (Å²) in [4.78, 5) is 25.9. The molecule has 0 aliphatic carbocycles. The van der Waals surface area contributed by atoms with Crippen LogP contribution >= 0.6 is 0 Å². The molecule has 0 bridgehead atoms. The monoisotopic (exact) mass is 360 g/mol. The van der Waals surface area contributed by atoms with E-state index in [4.69, 9.17) is 0 Å². The summed E-state index contributed by atoms with van der Waals surface area (Å²) in [6.07, 6.45) is 2.62. The lowest BCUT2D eigenvalue weighted by Gasteiger charge is -2.17. The van der Waals surface area contributed by atoms with Crippen LogP contribution in [-0.4, -0.2) is 25.9 Å². The van der Waals surface area contributed by atoms with Crippen molar-refractivity contribution in [2.24, 2.45) is 0 Å². The molecule has 136 valence electrons. The van der Waals surface area contributed by atoms with E-state index in [0.717, 1.165) is 22.5 Å². The van der Waals surface area contributed by atoms with Gasteiger partial charge in [-0.15, -0.1) is 0 Å². The molecule has 0 spiro atoms. The molecular weight excluding hydrogens is 340 g/mol. The Labute approximate surface area is 158 Å². The molecule has 2 N–H and O–H groups in total. The number of anilines is 3. The molecule has 0 saturated heterocycles. The lowest BCUT2D eigenvalue weighted by molar-refractivity contribution is -0.116. The summed E-state index contributed by atoms with van der Waals surface area (Å²) in [6, 6.07) is 14.8. The van der Waals surface area contributed by atoms with Gasteiger partial charge in [-0.2, -0.15) is 5.26 Å². The quantitative estimate of drug-likeness (QED) is 0.648. The molecular formula is C21H20N4O2. The summed E-state index contributed by atoms with van der Waals surface area (Å²) in [6.45, 7) is 0. The Hall–Kier alpha value is -3.59. The van der Waals surface area contributed by atoms with E-state index in [9.17, 15) is 14.9 Å². The summed E-state index contributed by atoms with van der Waals surface area (Å²) in [5, 5.41) is 14.9. The van der Waals surface area contributed by atoms with Crippen molar-refractivity contribution in [1.82, 2.24) is 0 Å². The molecule has 1 aliphatic heterocycles. The molecule has 2 aromatic carbocycles. The van der Waals surface area contributed by atoms with Crippen LogP contribution in [0.3, 0.4) is 0 Å². The Kier molecular flexibility index (Phi) is 5.23. The Morgan fingerprint density at radius 1 is 1.19 bits per heavy atom. The molecule has 1 aliphatic rings. The summed E-state index contributed by atoms with van der Waals surface area (Å²) in [5.74, 6) is -0.469. The van der Waals surface area contributed by atoms with Crippen molar-refractivity contribution in [3.05, 3.63) is 59.2 Å². The van der Waals surface area contributed by atoms with Gasteiger partial charge in [0, 0.05) is 37.6 Å². The Bertz CT molecular complexity index is 953. The lowest BCUT2D eigenvalue weighted by atomic mass is 10.0. The van der Waals surface area contributed by atoms with Crippen molar-refractivity contribution >= 4 is 35.0 Å². The third kappa shape index (κ3) is 4.33. The van der Waals surface area contributed by atoms with Gasteiger partial charge in [-0.1, -0.05) is 12.1 Å². The van der Waals surface area contributed by atoms with Crippen LogP contribution in [0.2, 0.25) is 0 Å². The largest absolute Gasteiger partial charge is 0.378 e. The van der Waals surface area contributed by atoms with Crippen molar-refractivity contribution in [2.75, 3.05) is 29.6 Å². The zero-order chi connectivity index (χ0) is 19.4. The SMILES string of the molecule is CN(C)c1ccc(/C=C(\C#N)C(=O)Nc2ccc3c(c2)CCC(=O)N3)cc1. The van der Waals surface area contributed by atoms with Crippen molar-refractivity contribution in [3.63, 3.8) is 0 Å². The smallest absolute Gasteiger partial charge is 0.266 e. The molecule has 6 heteroatoms. The van der Waals surface area contributed by atoms with Gasteiger partial charge in [0.2, 0.25) is 5.91 Å². The van der Waals surface area contributed by atoms with Gasteiger partial charge in [-0.3, -0.25) is 9.59 Å². The summed E-state index contributed by atoms with van der Waals surface area (Å²) in [5.41, 5.74) is 4.17. The highest BCUT2D eigenvalue weighted by Crippen LogP contribution is 2.26. The average Bonchev–Trinajstić information content (AvgIpc) is 2.66. The van der Waals surface area contributed by atoms with Gasteiger partial charge in [0.25, 0.3) is 5.91 Å². The number of hydrogen-bond acceptors (Lipinski definition) is 4. The number of rotatable bonds is 4. The summed E-state index contributed by atoms with van der Waals surface area (Å²) in [7, 11) is 3.89. The van der Waals surface area contributed by atoms with Gasteiger partial charge in [0.05, 0.1) is 0 Å². The maximum atomic E-state index is 12.5. The predicted molar refractivity (Wildman–Crippen MR) is 106 cm³/mol. The zero-order valence-electron chi connectivity index (χ0n) is 15.2. The van der Waals surface area contributed by atoms with Crippen LogP contribution < -0.4 is 15.5 Å². The third-order valence-corrected chi connectivity index (χ3v) is 4.34. The first-order valence-electron chi connectivity index (χ1n) is 8.59. The maximum Gasteiger partial charge on any atom is 0.266 e. The fraction of sp³-hybridized carbons (Fsp3) is 0.190. The molecule has 0 radical (unpaired) electrons. The number of aryl methyl sites for hydroxylation is 1. The van der Waals surface area contributed by atoms with Gasteiger partial charge in [-0.05, 0) is 54.0 Å². The first-order chi connectivity index (χ1) is 13.0. The number of carbonyl (C=O) groups excluding carboxylic acids is 2. The molecule has 0 saturated carbocycles. The minimum Gasteiger partial charge on any atom is -0.378 e. The first kappa shape index (κ1) is 18.2. The van der Waals surface area contributed by atoms with E-state index in [-0.39, 0.29) is 11.5 Å². The number of hydrogen-bond donors (Lipinski definition) is 2. The Balaban J connectivity index is 1.75. The van der Waals surface area contributed by atoms with Crippen LogP contribution in [0.4, 0.5) is 17.1 Å². The standard InChI is InChI=1S/C21H20N4O2/c1-25(2)18-7-3-14(4-8-18)11-16(13-22)21(27)23-17-6-9-19-15(12-17)5-10-20(26)24-19/h3-4,6-9,11-12H,5,10H2,1-2H3,(H,23,27)(H,24,26)/b16-11+. The van der Waals surface area contributed by atoms with Crippen LogP contribution in [0, 0.1) is 11.3 Å². The van der Waals surface area contributed by atoms with Crippen molar-refractivity contribution in [1.29, 1.82) is 5.26 Å². The summed E-state index contributed by atoms with van der Waals surface area (Å²) < 4.78 is 0. The Morgan fingerprint density at radius 3 is 2.59 bits per heavy atom. The average molecular weight is 360 g/mol. The second-order valence-corrected chi connectivity index (χ2v) is 6.53. The van der Waals surface area contributed by atoms with Crippen LogP contribution in [0.1, 0.15) is 17.5 Å². The van der Waals surface area contributed by atoms with Crippen LogP contribution in [0.5, 0.6) is 0 Å². The number of benzene rings is 2. The van der Waals surface area contributed by atoms with Gasteiger partial charge >= 0.3 is 0 Å². The molecule has 27 heavy (non-hydrogen) atoms. The zero-order valence-corrected chi connectivity index (χ0v) is 15.2. The number of nitrogens with one attached hydrogen (secondary N) is 2. The van der Waals surface area contributed by atoms with Crippen molar-refractivity contribution in [2.45, 2.75) is 12.8 Å². The van der Waals surface area contributed by atoms with Crippen LogP contribution in [0.15, 0.2) is 48.0 Å². The fourth-order valence-corrected chi connectivity index (χ4v) is 2.84. The van der Waals surface area contributed by atoms with Crippen LogP contribution in [0.25, 0.3) is 6.08 Å². The highest BCUT2D eigenvalue weighted by molar-refractivity contribution is 6.10. The minimum atomic E-state index is -0.464. The van der Waals surface area contributed by atoms with E-state index >= 15 is 0 Å². The molecule has 0 aromatic heterocycles. The topological polar surface area (TPSA) is 85.2 Å². The predicted octanol–water partition coefficient (Wildman–Crippen LogP) is 3.18. The molecule has 0 unspecified atom stereocenters. The number of amides is 2. The normalized spacial score (nSPS) is 13.2. The van der Waals surface area contributed by atoms with Crippen molar-refractivity contribution in [3.8, 4) is 6.07 Å². The molecule has 1 heterocycles. The van der Waals surface area contributed by atoms with Crippen molar-refractivity contribution < 1.29 is 9.59 Å². The van der Waals surface area contributed by atoms with E-state index in [1.54, 1.807) is 18.2 Å². The highest BCUT2D eigenvalue weighted by atomic mass is 16.2. The maximum absolute atomic E-state index is 12.5. The molecule has 0 fully saturated rings. The fourth-order valence-electron chi connectivity index (χ4n) is 2.84. The number of carbonyl (C=O) groups is 2. The molecule has 2 aromatic rings. The van der Waals surface area contributed by atoms with Gasteiger partial charge in [0.15, 0.2) is 0 Å². The number of nitrogens with zero attached hydrogens (tertiary/aromatic N) is 2. The van der Waals surface area contributed by atoms with Crippen LogP contribution in [-0.2, 0) is 16.0 Å². The van der Waals surface area contributed by atoms with E-state index in [0.29, 0.717) is 18.5 Å². The number of nitriles is 1. The second kappa shape index (κ2) is 7.75. The Morgan fingerprint density at radius 2 is 1.93 bits per heavy atom. The molecule has 3 rings (SSSR count). The van der Waals surface area contributed by atoms with E-state index in [1.165, 1.54) is 0 Å². The summed E-state index contributed by atoms with van der Waals surface area (Å²) >= 11 is 0. The van der Waals surface area contributed by atoms with Gasteiger partial charge in [0.1, 0.15) is 11.6 Å².